The van der Waals surface area contributed by atoms with Gasteiger partial charge in [-0.15, -0.1) is 0 Å². The first-order chi connectivity index (χ1) is 10.4. The molecule has 2 N–H and O–H groups in total. The summed E-state index contributed by atoms with van der Waals surface area (Å²) in [5.41, 5.74) is 0.778. The fraction of sp³-hybridized carbons (Fsp3) is 0.462. The minimum Gasteiger partial charge on any atom is -0.391 e. The quantitative estimate of drug-likeness (QED) is 0.750. The fourth-order valence-corrected chi connectivity index (χ4v) is 2.19. The third-order valence-electron chi connectivity index (χ3n) is 3.03. The Hall–Kier alpha value is -1.84. The number of aromatic nitrogens is 4. The van der Waals surface area contributed by atoms with Crippen molar-refractivity contribution in [1.29, 1.82) is 0 Å². The lowest BCUT2D eigenvalue weighted by Crippen LogP contribution is -2.25. The predicted octanol–water partition coefficient (Wildman–Crippen LogP) is 0.160. The number of pyridine rings is 1. The number of aliphatic hydroxyl groups is 1. The van der Waals surface area contributed by atoms with Crippen LogP contribution >= 0.6 is 0 Å². The number of rotatable bonds is 7. The summed E-state index contributed by atoms with van der Waals surface area (Å²) in [5.74, 6) is 0.917. The van der Waals surface area contributed by atoms with E-state index in [4.69, 9.17) is 0 Å². The van der Waals surface area contributed by atoms with Gasteiger partial charge in [-0.3, -0.25) is 4.98 Å². The van der Waals surface area contributed by atoms with Gasteiger partial charge in [0.25, 0.3) is 0 Å². The van der Waals surface area contributed by atoms with Crippen molar-refractivity contribution in [3.63, 3.8) is 0 Å². The first-order valence-corrected chi connectivity index (χ1v) is 8.75. The number of aliphatic hydroxyl groups excluding tert-OH is 1. The molecule has 0 aromatic carbocycles. The molecule has 1 unspecified atom stereocenters. The Kier molecular flexibility index (Phi) is 5.22. The fourth-order valence-electron chi connectivity index (χ4n) is 1.80. The second kappa shape index (κ2) is 6.95. The molecule has 0 radical (unpaired) electrons. The molecule has 2 heterocycles. The lowest BCUT2D eigenvalue weighted by atomic mass is 10.2. The van der Waals surface area contributed by atoms with Crippen LogP contribution in [0.2, 0.25) is 0 Å². The summed E-state index contributed by atoms with van der Waals surface area (Å²) >= 11 is 0. The number of hydrogen-bond acceptors (Lipinski definition) is 6. The smallest absolute Gasteiger partial charge is 0.209 e. The Morgan fingerprint density at radius 3 is 2.64 bits per heavy atom. The largest absolute Gasteiger partial charge is 0.391 e. The summed E-state index contributed by atoms with van der Waals surface area (Å²) in [6.07, 6.45) is 4.35. The molecule has 0 aliphatic carbocycles. The second-order valence-corrected chi connectivity index (χ2v) is 6.76. The van der Waals surface area contributed by atoms with Crippen molar-refractivity contribution in [3.05, 3.63) is 30.4 Å². The Labute approximate surface area is 129 Å². The van der Waals surface area contributed by atoms with Crippen LogP contribution < -0.4 is 4.72 Å². The molecule has 0 aliphatic rings. The molecule has 2 aromatic heterocycles. The average Bonchev–Trinajstić information content (AvgIpc) is 2.88. The van der Waals surface area contributed by atoms with E-state index in [1.165, 1.54) is 4.68 Å². The molecule has 0 aliphatic heterocycles. The molecular formula is C13H19N5O3S. The van der Waals surface area contributed by atoms with Crippen molar-refractivity contribution in [2.75, 3.05) is 6.26 Å². The molecule has 0 fully saturated rings. The van der Waals surface area contributed by atoms with Crippen molar-refractivity contribution in [1.82, 2.24) is 24.5 Å². The summed E-state index contributed by atoms with van der Waals surface area (Å²) in [6, 6.07) is 3.54. The van der Waals surface area contributed by atoms with E-state index in [1.807, 2.05) is 6.92 Å². The van der Waals surface area contributed by atoms with Gasteiger partial charge in [0.2, 0.25) is 10.0 Å². The molecule has 9 heteroatoms. The Morgan fingerprint density at radius 1 is 1.36 bits per heavy atom. The van der Waals surface area contributed by atoms with Gasteiger partial charge in [0.1, 0.15) is 5.82 Å². The number of sulfonamides is 1. The number of hydrogen-bond donors (Lipinski definition) is 2. The maximum absolute atomic E-state index is 11.2. The van der Waals surface area contributed by atoms with Crippen LogP contribution in [0.5, 0.6) is 0 Å². The van der Waals surface area contributed by atoms with Gasteiger partial charge in [-0.05, 0) is 18.6 Å². The van der Waals surface area contributed by atoms with Crippen molar-refractivity contribution in [2.24, 2.45) is 0 Å². The van der Waals surface area contributed by atoms with Crippen LogP contribution in [-0.4, -0.2) is 45.6 Å². The Balaban J connectivity index is 2.30. The highest BCUT2D eigenvalue weighted by Gasteiger charge is 2.15. The van der Waals surface area contributed by atoms with E-state index in [0.29, 0.717) is 18.1 Å². The van der Waals surface area contributed by atoms with Crippen LogP contribution in [-0.2, 0) is 23.1 Å². The minimum atomic E-state index is -3.33. The van der Waals surface area contributed by atoms with Crippen LogP contribution in [0.4, 0.5) is 0 Å². The maximum atomic E-state index is 11.2. The third-order valence-corrected chi connectivity index (χ3v) is 3.70. The molecule has 0 saturated carbocycles. The van der Waals surface area contributed by atoms with Crippen LogP contribution in [0, 0.1) is 0 Å². The van der Waals surface area contributed by atoms with E-state index in [-0.39, 0.29) is 13.1 Å². The molecule has 2 rings (SSSR count). The zero-order chi connectivity index (χ0) is 16.2. The molecule has 0 bridgehead atoms. The molecule has 0 spiro atoms. The first kappa shape index (κ1) is 16.5. The van der Waals surface area contributed by atoms with Gasteiger partial charge in [0.05, 0.1) is 25.4 Å². The van der Waals surface area contributed by atoms with Crippen molar-refractivity contribution in [3.8, 4) is 11.4 Å². The van der Waals surface area contributed by atoms with E-state index in [1.54, 1.807) is 24.5 Å². The van der Waals surface area contributed by atoms with Crippen molar-refractivity contribution < 1.29 is 13.5 Å². The van der Waals surface area contributed by atoms with Crippen LogP contribution in [0.1, 0.15) is 19.2 Å². The second-order valence-electron chi connectivity index (χ2n) is 4.92. The van der Waals surface area contributed by atoms with Crippen molar-refractivity contribution >= 4 is 10.0 Å². The third kappa shape index (κ3) is 4.58. The van der Waals surface area contributed by atoms with Gasteiger partial charge in [-0.2, -0.15) is 5.10 Å². The topological polar surface area (TPSA) is 110 Å². The monoisotopic (exact) mass is 325 g/mol. The highest BCUT2D eigenvalue weighted by molar-refractivity contribution is 7.88. The first-order valence-electron chi connectivity index (χ1n) is 6.86. The SMILES string of the molecule is CCC(O)Cn1nc(-c2ccncc2)nc1CNS(C)(=O)=O. The Morgan fingerprint density at radius 2 is 2.05 bits per heavy atom. The molecule has 22 heavy (non-hydrogen) atoms. The van der Waals surface area contributed by atoms with Gasteiger partial charge < -0.3 is 5.11 Å². The maximum Gasteiger partial charge on any atom is 0.209 e. The lowest BCUT2D eigenvalue weighted by Gasteiger charge is -2.10. The minimum absolute atomic E-state index is 0.0212. The zero-order valence-electron chi connectivity index (χ0n) is 12.5. The summed E-state index contributed by atoms with van der Waals surface area (Å²) in [5, 5.41) is 14.2. The van der Waals surface area contributed by atoms with E-state index in [9.17, 15) is 13.5 Å². The summed E-state index contributed by atoms with van der Waals surface area (Å²) in [6.45, 7) is 2.14. The highest BCUT2D eigenvalue weighted by atomic mass is 32.2. The summed E-state index contributed by atoms with van der Waals surface area (Å²) < 4.78 is 26.4. The number of nitrogens with one attached hydrogen (secondary N) is 1. The molecular weight excluding hydrogens is 306 g/mol. The summed E-state index contributed by atoms with van der Waals surface area (Å²) in [4.78, 5) is 8.29. The average molecular weight is 325 g/mol. The van der Waals surface area contributed by atoms with Crippen LogP contribution in [0.25, 0.3) is 11.4 Å². The van der Waals surface area contributed by atoms with Gasteiger partial charge in [0.15, 0.2) is 5.82 Å². The van der Waals surface area contributed by atoms with E-state index in [0.717, 1.165) is 11.8 Å². The molecule has 120 valence electrons. The standard InChI is InChI=1S/C13H19N5O3S/c1-3-11(19)9-18-12(8-15-22(2,20)21)16-13(17-18)10-4-6-14-7-5-10/h4-7,11,15,19H,3,8-9H2,1-2H3. The van der Waals surface area contributed by atoms with Crippen LogP contribution in [0.15, 0.2) is 24.5 Å². The van der Waals surface area contributed by atoms with Gasteiger partial charge in [0, 0.05) is 18.0 Å². The lowest BCUT2D eigenvalue weighted by molar-refractivity contribution is 0.144. The molecule has 0 saturated heterocycles. The van der Waals surface area contributed by atoms with Gasteiger partial charge in [-0.25, -0.2) is 22.8 Å². The van der Waals surface area contributed by atoms with E-state index < -0.39 is 16.1 Å². The van der Waals surface area contributed by atoms with Gasteiger partial charge >= 0.3 is 0 Å². The predicted molar refractivity (Wildman–Crippen MR) is 81.2 cm³/mol. The molecule has 2 aromatic rings. The Bertz CT molecular complexity index is 715. The molecule has 0 amide bonds. The zero-order valence-corrected chi connectivity index (χ0v) is 13.3. The normalized spacial score (nSPS) is 13.2. The van der Waals surface area contributed by atoms with E-state index >= 15 is 0 Å². The summed E-state index contributed by atoms with van der Waals surface area (Å²) in [7, 11) is -3.33. The van der Waals surface area contributed by atoms with Crippen LogP contribution in [0.3, 0.4) is 0 Å². The number of nitrogens with zero attached hydrogens (tertiary/aromatic N) is 4. The highest BCUT2D eigenvalue weighted by Crippen LogP contribution is 2.15. The molecule has 8 nitrogen and oxygen atoms in total. The van der Waals surface area contributed by atoms with E-state index in [2.05, 4.69) is 19.8 Å². The molecule has 1 atom stereocenters. The van der Waals surface area contributed by atoms with Crippen molar-refractivity contribution in [2.45, 2.75) is 32.5 Å². The van der Waals surface area contributed by atoms with Gasteiger partial charge in [-0.1, -0.05) is 6.92 Å².